The normalized spacial score (nSPS) is 15.4. The van der Waals surface area contributed by atoms with E-state index in [1.807, 2.05) is 20.8 Å². The number of aliphatic hydroxyl groups excluding tert-OH is 1. The average Bonchev–Trinajstić information content (AvgIpc) is 2.47. The maximum absolute atomic E-state index is 12.2. The van der Waals surface area contributed by atoms with Crippen LogP contribution in [-0.4, -0.2) is 21.1 Å². The molecule has 1 aromatic rings. The van der Waals surface area contributed by atoms with Crippen molar-refractivity contribution in [2.45, 2.75) is 38.6 Å². The molecule has 0 aromatic carbocycles. The van der Waals surface area contributed by atoms with E-state index in [2.05, 4.69) is 5.10 Å². The second-order valence-corrected chi connectivity index (χ2v) is 4.33. The van der Waals surface area contributed by atoms with E-state index in [4.69, 9.17) is 5.11 Å². The van der Waals surface area contributed by atoms with E-state index in [1.165, 1.54) is 10.9 Å². The Morgan fingerprint density at radius 3 is 2.20 bits per heavy atom. The second-order valence-electron chi connectivity index (χ2n) is 4.33. The molecule has 0 amide bonds. The summed E-state index contributed by atoms with van der Waals surface area (Å²) in [5.41, 5.74) is -0.638. The summed E-state index contributed by atoms with van der Waals surface area (Å²) in [6.07, 6.45) is -4.87. The van der Waals surface area contributed by atoms with E-state index in [9.17, 15) is 13.2 Å². The number of aliphatic hydroxyl groups is 1. The summed E-state index contributed by atoms with van der Waals surface area (Å²) in [6.45, 7) is 5.43. The molecule has 0 bridgehead atoms. The molecule has 86 valence electrons. The smallest absolute Gasteiger partial charge is 0.379 e. The van der Waals surface area contributed by atoms with Crippen molar-refractivity contribution in [1.29, 1.82) is 0 Å². The number of aromatic nitrogens is 2. The molecule has 0 aliphatic rings. The quantitative estimate of drug-likeness (QED) is 0.791. The zero-order valence-corrected chi connectivity index (χ0v) is 8.71. The summed E-state index contributed by atoms with van der Waals surface area (Å²) >= 11 is 0. The third-order valence-corrected chi connectivity index (χ3v) is 1.92. The van der Waals surface area contributed by atoms with Crippen LogP contribution in [0, 0.1) is 0 Å². The van der Waals surface area contributed by atoms with Gasteiger partial charge in [-0.15, -0.1) is 0 Å². The summed E-state index contributed by atoms with van der Waals surface area (Å²) < 4.78 is 37.8. The van der Waals surface area contributed by atoms with Crippen molar-refractivity contribution < 1.29 is 18.3 Å². The first-order valence-electron chi connectivity index (χ1n) is 4.42. The molecule has 1 aromatic heterocycles. The van der Waals surface area contributed by atoms with Crippen LogP contribution in [0.3, 0.4) is 0 Å². The lowest BCUT2D eigenvalue weighted by molar-refractivity contribution is -0.206. The fourth-order valence-electron chi connectivity index (χ4n) is 1.03. The lowest BCUT2D eigenvalue weighted by atomic mass is 10.1. The van der Waals surface area contributed by atoms with Gasteiger partial charge >= 0.3 is 6.18 Å². The maximum atomic E-state index is 12.2. The standard InChI is InChI=1S/C9H13F3N2O/c1-8(2,3)14-5-6(4-13-14)7(15)9(10,11)12/h4-5,7,15H,1-3H3. The summed E-state index contributed by atoms with van der Waals surface area (Å²) in [5.74, 6) is 0. The van der Waals surface area contributed by atoms with Gasteiger partial charge in [0, 0.05) is 11.8 Å². The topological polar surface area (TPSA) is 38.0 Å². The third kappa shape index (κ3) is 2.71. The molecule has 0 aliphatic carbocycles. The zero-order chi connectivity index (χ0) is 11.9. The number of nitrogens with zero attached hydrogens (tertiary/aromatic N) is 2. The largest absolute Gasteiger partial charge is 0.418 e. The lowest BCUT2D eigenvalue weighted by Crippen LogP contribution is -2.23. The van der Waals surface area contributed by atoms with Crippen molar-refractivity contribution in [3.63, 3.8) is 0 Å². The summed E-state index contributed by atoms with van der Waals surface area (Å²) in [4.78, 5) is 0. The molecule has 0 radical (unpaired) electrons. The Hall–Kier alpha value is -1.04. The Labute approximate surface area is 85.5 Å². The Balaban J connectivity index is 2.95. The first kappa shape index (κ1) is 12.0. The highest BCUT2D eigenvalue weighted by Crippen LogP contribution is 2.32. The summed E-state index contributed by atoms with van der Waals surface area (Å²) in [5, 5.41) is 12.7. The molecule has 0 spiro atoms. The summed E-state index contributed by atoms with van der Waals surface area (Å²) in [6, 6.07) is 0. The average molecular weight is 222 g/mol. The van der Waals surface area contributed by atoms with Crippen molar-refractivity contribution in [3.8, 4) is 0 Å². The second kappa shape index (κ2) is 3.52. The minimum Gasteiger partial charge on any atom is -0.379 e. The molecule has 0 saturated heterocycles. The molecule has 1 atom stereocenters. The van der Waals surface area contributed by atoms with Gasteiger partial charge in [-0.2, -0.15) is 18.3 Å². The fraction of sp³-hybridized carbons (Fsp3) is 0.667. The summed E-state index contributed by atoms with van der Waals surface area (Å²) in [7, 11) is 0. The number of alkyl halides is 3. The number of rotatable bonds is 1. The first-order valence-corrected chi connectivity index (χ1v) is 4.42. The molecule has 1 N–H and O–H groups in total. The van der Waals surface area contributed by atoms with E-state index >= 15 is 0 Å². The minimum atomic E-state index is -4.65. The van der Waals surface area contributed by atoms with Crippen LogP contribution < -0.4 is 0 Å². The van der Waals surface area contributed by atoms with Crippen molar-refractivity contribution in [2.24, 2.45) is 0 Å². The van der Waals surface area contributed by atoms with Crippen LogP contribution in [0.5, 0.6) is 0 Å². The fourth-order valence-corrected chi connectivity index (χ4v) is 1.03. The van der Waals surface area contributed by atoms with Crippen LogP contribution in [0.1, 0.15) is 32.4 Å². The van der Waals surface area contributed by atoms with Gasteiger partial charge in [-0.3, -0.25) is 4.68 Å². The molecule has 0 aliphatic heterocycles. The van der Waals surface area contributed by atoms with Crippen LogP contribution >= 0.6 is 0 Å². The van der Waals surface area contributed by atoms with E-state index in [-0.39, 0.29) is 5.56 Å². The van der Waals surface area contributed by atoms with Gasteiger partial charge < -0.3 is 5.11 Å². The van der Waals surface area contributed by atoms with E-state index in [0.717, 1.165) is 6.20 Å². The van der Waals surface area contributed by atoms with Crippen molar-refractivity contribution in [3.05, 3.63) is 18.0 Å². The molecule has 1 rings (SSSR count). The van der Waals surface area contributed by atoms with Gasteiger partial charge in [0.2, 0.25) is 0 Å². The SMILES string of the molecule is CC(C)(C)n1cc(C(O)C(F)(F)F)cn1. The molecule has 1 unspecified atom stereocenters. The number of hydrogen-bond donors (Lipinski definition) is 1. The Bertz CT molecular complexity index is 338. The predicted molar refractivity (Wildman–Crippen MR) is 48.2 cm³/mol. The van der Waals surface area contributed by atoms with Crippen molar-refractivity contribution in [1.82, 2.24) is 9.78 Å². The van der Waals surface area contributed by atoms with Gasteiger partial charge in [0.25, 0.3) is 0 Å². The van der Waals surface area contributed by atoms with Gasteiger partial charge in [0.05, 0.1) is 11.7 Å². The predicted octanol–water partition coefficient (Wildman–Crippen LogP) is 2.23. The monoisotopic (exact) mass is 222 g/mol. The molecular weight excluding hydrogens is 209 g/mol. The first-order chi connectivity index (χ1) is 6.62. The molecular formula is C9H13F3N2O. The zero-order valence-electron chi connectivity index (χ0n) is 8.71. The molecule has 15 heavy (non-hydrogen) atoms. The van der Waals surface area contributed by atoms with E-state index in [0.29, 0.717) is 0 Å². The van der Waals surface area contributed by atoms with Crippen LogP contribution in [0.15, 0.2) is 12.4 Å². The highest BCUT2D eigenvalue weighted by molar-refractivity contribution is 5.10. The van der Waals surface area contributed by atoms with Gasteiger partial charge in [0.1, 0.15) is 0 Å². The van der Waals surface area contributed by atoms with E-state index < -0.39 is 17.8 Å². The van der Waals surface area contributed by atoms with Crippen molar-refractivity contribution >= 4 is 0 Å². The highest BCUT2D eigenvalue weighted by atomic mass is 19.4. The van der Waals surface area contributed by atoms with Gasteiger partial charge in [0.15, 0.2) is 6.10 Å². The Kier molecular flexibility index (Phi) is 2.82. The third-order valence-electron chi connectivity index (χ3n) is 1.92. The lowest BCUT2D eigenvalue weighted by Gasteiger charge is -2.19. The van der Waals surface area contributed by atoms with Crippen molar-refractivity contribution in [2.75, 3.05) is 0 Å². The Morgan fingerprint density at radius 2 is 1.87 bits per heavy atom. The molecule has 0 fully saturated rings. The minimum absolute atomic E-state index is 0.238. The Morgan fingerprint density at radius 1 is 1.33 bits per heavy atom. The van der Waals surface area contributed by atoms with Crippen LogP contribution in [-0.2, 0) is 5.54 Å². The van der Waals surface area contributed by atoms with Gasteiger partial charge in [-0.1, -0.05) is 0 Å². The molecule has 6 heteroatoms. The van der Waals surface area contributed by atoms with Crippen LogP contribution in [0.4, 0.5) is 13.2 Å². The molecule has 1 heterocycles. The molecule has 3 nitrogen and oxygen atoms in total. The number of halogens is 3. The van der Waals surface area contributed by atoms with Gasteiger partial charge in [-0.25, -0.2) is 0 Å². The van der Waals surface area contributed by atoms with Crippen LogP contribution in [0.2, 0.25) is 0 Å². The number of hydrogen-bond acceptors (Lipinski definition) is 2. The highest BCUT2D eigenvalue weighted by Gasteiger charge is 2.40. The van der Waals surface area contributed by atoms with Gasteiger partial charge in [-0.05, 0) is 20.8 Å². The molecule has 0 saturated carbocycles. The van der Waals surface area contributed by atoms with E-state index in [1.54, 1.807) is 0 Å². The van der Waals surface area contributed by atoms with Crippen LogP contribution in [0.25, 0.3) is 0 Å². The maximum Gasteiger partial charge on any atom is 0.418 e.